The number of hydrogen-bond acceptors (Lipinski definition) is 6. The first-order valence-electron chi connectivity index (χ1n) is 9.30. The van der Waals surface area contributed by atoms with Crippen LogP contribution in [0.15, 0.2) is 0 Å². The zero-order valence-corrected chi connectivity index (χ0v) is 16.9. The molecule has 150 valence electrons. The fraction of sp³-hybridized carbons (Fsp3) is 0.944. The standard InChI is InChI=1S/C18H37NO5S/c1-17(7-16-25)5-3-4-6-18(20)19-8-9-22-12-13-24-15-14-23-11-10-21-2/h17,25H,3-16H2,1-2H3,(H,19,20). The summed E-state index contributed by atoms with van der Waals surface area (Å²) in [6.07, 6.45) is 4.97. The molecule has 0 aromatic carbocycles. The van der Waals surface area contributed by atoms with E-state index in [-0.39, 0.29) is 5.91 Å². The molecule has 6 nitrogen and oxygen atoms in total. The molecule has 0 aliphatic carbocycles. The van der Waals surface area contributed by atoms with Gasteiger partial charge in [0.25, 0.3) is 0 Å². The Morgan fingerprint density at radius 3 is 2.12 bits per heavy atom. The predicted octanol–water partition coefficient (Wildman–Crippen LogP) is 2.32. The second-order valence-electron chi connectivity index (χ2n) is 6.04. The van der Waals surface area contributed by atoms with E-state index in [9.17, 15) is 4.79 Å². The molecule has 0 bridgehead atoms. The van der Waals surface area contributed by atoms with Crippen LogP contribution in [0.1, 0.15) is 39.0 Å². The summed E-state index contributed by atoms with van der Waals surface area (Å²) in [6.45, 7) is 6.67. The summed E-state index contributed by atoms with van der Waals surface area (Å²) in [5.74, 6) is 1.75. The summed E-state index contributed by atoms with van der Waals surface area (Å²) in [7, 11) is 1.65. The Bertz CT molecular complexity index is 295. The SMILES string of the molecule is COCCOCCOCCOCCNC(=O)CCCCC(C)CCS. The summed E-state index contributed by atoms with van der Waals surface area (Å²) >= 11 is 4.24. The monoisotopic (exact) mass is 379 g/mol. The van der Waals surface area contributed by atoms with Gasteiger partial charge in [0.15, 0.2) is 0 Å². The van der Waals surface area contributed by atoms with Crippen LogP contribution in [0.25, 0.3) is 0 Å². The summed E-state index contributed by atoms with van der Waals surface area (Å²) in [4.78, 5) is 11.7. The lowest BCUT2D eigenvalue weighted by Crippen LogP contribution is -2.27. The van der Waals surface area contributed by atoms with Gasteiger partial charge in [-0.1, -0.05) is 19.8 Å². The maximum atomic E-state index is 11.7. The molecule has 0 spiro atoms. The minimum Gasteiger partial charge on any atom is -0.382 e. The molecule has 25 heavy (non-hydrogen) atoms. The lowest BCUT2D eigenvalue weighted by Gasteiger charge is -2.09. The largest absolute Gasteiger partial charge is 0.382 e. The molecule has 0 saturated carbocycles. The van der Waals surface area contributed by atoms with Crippen LogP contribution < -0.4 is 5.32 Å². The van der Waals surface area contributed by atoms with Gasteiger partial charge in [0.2, 0.25) is 5.91 Å². The molecule has 0 aromatic heterocycles. The highest BCUT2D eigenvalue weighted by atomic mass is 32.1. The maximum Gasteiger partial charge on any atom is 0.220 e. The highest BCUT2D eigenvalue weighted by molar-refractivity contribution is 7.80. The zero-order valence-electron chi connectivity index (χ0n) is 16.0. The van der Waals surface area contributed by atoms with E-state index >= 15 is 0 Å². The van der Waals surface area contributed by atoms with Crippen LogP contribution in [0, 0.1) is 5.92 Å². The van der Waals surface area contributed by atoms with Gasteiger partial charge in [-0.3, -0.25) is 4.79 Å². The van der Waals surface area contributed by atoms with Crippen molar-refractivity contribution in [2.75, 3.05) is 65.7 Å². The number of nitrogens with one attached hydrogen (secondary N) is 1. The third-order valence-electron chi connectivity index (χ3n) is 3.72. The van der Waals surface area contributed by atoms with Gasteiger partial charge in [-0.25, -0.2) is 0 Å². The topological polar surface area (TPSA) is 66.0 Å². The highest BCUT2D eigenvalue weighted by Crippen LogP contribution is 2.13. The number of thiol groups is 1. The van der Waals surface area contributed by atoms with Crippen molar-refractivity contribution in [3.63, 3.8) is 0 Å². The van der Waals surface area contributed by atoms with Crippen molar-refractivity contribution in [1.82, 2.24) is 5.32 Å². The number of methoxy groups -OCH3 is 1. The molecule has 0 heterocycles. The molecule has 1 N–H and O–H groups in total. The van der Waals surface area contributed by atoms with Crippen molar-refractivity contribution in [3.8, 4) is 0 Å². The predicted molar refractivity (Wildman–Crippen MR) is 103 cm³/mol. The van der Waals surface area contributed by atoms with Crippen molar-refractivity contribution >= 4 is 18.5 Å². The third-order valence-corrected chi connectivity index (χ3v) is 3.98. The minimum absolute atomic E-state index is 0.106. The summed E-state index contributed by atoms with van der Waals surface area (Å²) in [5.41, 5.74) is 0. The van der Waals surface area contributed by atoms with Gasteiger partial charge in [-0.15, -0.1) is 0 Å². The van der Waals surface area contributed by atoms with E-state index in [0.717, 1.165) is 25.0 Å². The normalized spacial score (nSPS) is 12.3. The molecule has 0 rings (SSSR count). The first-order valence-corrected chi connectivity index (χ1v) is 9.93. The first-order chi connectivity index (χ1) is 12.2. The molecule has 0 fully saturated rings. The molecule has 1 amide bonds. The van der Waals surface area contributed by atoms with Gasteiger partial charge in [0.05, 0.1) is 46.2 Å². The lowest BCUT2D eigenvalue weighted by atomic mass is 10.0. The second-order valence-corrected chi connectivity index (χ2v) is 6.49. The average Bonchev–Trinajstić information content (AvgIpc) is 2.60. The van der Waals surface area contributed by atoms with Crippen molar-refractivity contribution in [2.45, 2.75) is 39.0 Å². The average molecular weight is 380 g/mol. The molecule has 7 heteroatoms. The van der Waals surface area contributed by atoms with Crippen molar-refractivity contribution in [2.24, 2.45) is 5.92 Å². The number of ether oxygens (including phenoxy) is 4. The van der Waals surface area contributed by atoms with Gasteiger partial charge in [-0.05, 0) is 24.5 Å². The summed E-state index contributed by atoms with van der Waals surface area (Å²) < 4.78 is 20.9. The fourth-order valence-corrected chi connectivity index (χ4v) is 2.62. The summed E-state index contributed by atoms with van der Waals surface area (Å²) in [6, 6.07) is 0. The summed E-state index contributed by atoms with van der Waals surface area (Å²) in [5, 5.41) is 2.88. The third kappa shape index (κ3) is 19.8. The Morgan fingerprint density at radius 2 is 1.52 bits per heavy atom. The quantitative estimate of drug-likeness (QED) is 0.266. The van der Waals surface area contributed by atoms with Crippen LogP contribution in [-0.4, -0.2) is 71.6 Å². The van der Waals surface area contributed by atoms with Crippen LogP contribution in [0.4, 0.5) is 0 Å². The number of carbonyl (C=O) groups is 1. The molecule has 0 aliphatic rings. The highest BCUT2D eigenvalue weighted by Gasteiger charge is 2.03. The molecule has 0 radical (unpaired) electrons. The van der Waals surface area contributed by atoms with E-state index in [1.54, 1.807) is 7.11 Å². The van der Waals surface area contributed by atoms with Crippen LogP contribution in [-0.2, 0) is 23.7 Å². The number of rotatable bonds is 19. The zero-order chi connectivity index (χ0) is 18.6. The number of amides is 1. The number of hydrogen-bond donors (Lipinski definition) is 2. The Balaban J connectivity index is 3.19. The van der Waals surface area contributed by atoms with Gasteiger partial charge in [-0.2, -0.15) is 12.6 Å². The van der Waals surface area contributed by atoms with Crippen molar-refractivity contribution < 1.29 is 23.7 Å². The van der Waals surface area contributed by atoms with E-state index < -0.39 is 0 Å². The Hall–Kier alpha value is -0.340. The number of carbonyl (C=O) groups excluding carboxylic acids is 1. The Labute approximate surface area is 158 Å². The van der Waals surface area contributed by atoms with Crippen LogP contribution in [0.2, 0.25) is 0 Å². The van der Waals surface area contributed by atoms with E-state index in [1.807, 2.05) is 0 Å². The Morgan fingerprint density at radius 1 is 0.920 bits per heavy atom. The molecular formula is C18H37NO5S. The van der Waals surface area contributed by atoms with Crippen LogP contribution >= 0.6 is 12.6 Å². The minimum atomic E-state index is 0.106. The molecule has 0 aromatic rings. The molecule has 0 saturated heterocycles. The lowest BCUT2D eigenvalue weighted by molar-refractivity contribution is -0.121. The fourth-order valence-electron chi connectivity index (χ4n) is 2.18. The van der Waals surface area contributed by atoms with Crippen molar-refractivity contribution in [1.29, 1.82) is 0 Å². The van der Waals surface area contributed by atoms with Crippen LogP contribution in [0.5, 0.6) is 0 Å². The molecule has 1 unspecified atom stereocenters. The van der Waals surface area contributed by atoms with E-state index in [4.69, 9.17) is 18.9 Å². The van der Waals surface area contributed by atoms with E-state index in [0.29, 0.717) is 65.1 Å². The van der Waals surface area contributed by atoms with Gasteiger partial charge < -0.3 is 24.3 Å². The van der Waals surface area contributed by atoms with Crippen LogP contribution in [0.3, 0.4) is 0 Å². The molecule has 1 atom stereocenters. The number of unbranched alkanes of at least 4 members (excludes halogenated alkanes) is 1. The second kappa shape index (κ2) is 20.0. The first kappa shape index (κ1) is 24.7. The maximum absolute atomic E-state index is 11.7. The van der Waals surface area contributed by atoms with Gasteiger partial charge in [0.1, 0.15) is 0 Å². The smallest absolute Gasteiger partial charge is 0.220 e. The van der Waals surface area contributed by atoms with Crippen molar-refractivity contribution in [3.05, 3.63) is 0 Å². The Kier molecular flexibility index (Phi) is 19.7. The van der Waals surface area contributed by atoms with Gasteiger partial charge >= 0.3 is 0 Å². The van der Waals surface area contributed by atoms with E-state index in [2.05, 4.69) is 24.9 Å². The van der Waals surface area contributed by atoms with Gasteiger partial charge in [0, 0.05) is 20.1 Å². The molecular weight excluding hydrogens is 342 g/mol. The van der Waals surface area contributed by atoms with E-state index in [1.165, 1.54) is 6.42 Å². The molecule has 0 aliphatic heterocycles.